The molecule has 4 rings (SSSR count). The van der Waals surface area contributed by atoms with E-state index in [0.717, 1.165) is 18.8 Å². The number of allylic oxidation sites excluding steroid dienone is 1. The molecule has 1 aromatic heterocycles. The minimum Gasteiger partial charge on any atom is -0.506 e. The summed E-state index contributed by atoms with van der Waals surface area (Å²) in [5.74, 6) is -0.670. The summed E-state index contributed by atoms with van der Waals surface area (Å²) in [7, 11) is -7.07. The van der Waals surface area contributed by atoms with Crippen LogP contribution in [0, 0.1) is 0 Å². The molecule has 42 heavy (non-hydrogen) atoms. The zero-order valence-corrected chi connectivity index (χ0v) is 25.8. The Morgan fingerprint density at radius 1 is 1.00 bits per heavy atom. The largest absolute Gasteiger partial charge is 0.506 e. The summed E-state index contributed by atoms with van der Waals surface area (Å²) in [5.41, 5.74) is 2.02. The molecular weight excluding hydrogens is 582 g/mol. The van der Waals surface area contributed by atoms with Crippen LogP contribution >= 0.6 is 0 Å². The van der Waals surface area contributed by atoms with Crippen molar-refractivity contribution in [3.05, 3.63) is 64.0 Å². The number of hydrogen-bond donors (Lipinski definition) is 3. The number of rotatable bonds is 10. The van der Waals surface area contributed by atoms with Crippen molar-refractivity contribution in [2.45, 2.75) is 44.4 Å². The van der Waals surface area contributed by atoms with Crippen molar-refractivity contribution >= 4 is 54.3 Å². The average molecular weight is 619 g/mol. The number of anilines is 1. The number of aromatic hydroxyl groups is 1. The second-order valence-electron chi connectivity index (χ2n) is 10.8. The molecule has 0 saturated heterocycles. The van der Waals surface area contributed by atoms with Crippen molar-refractivity contribution in [3.8, 4) is 5.75 Å². The van der Waals surface area contributed by atoms with E-state index in [1.165, 1.54) is 28.8 Å². The van der Waals surface area contributed by atoms with Crippen LogP contribution in [-0.2, 0) is 32.7 Å². The lowest BCUT2D eigenvalue weighted by Crippen LogP contribution is -2.28. The first-order valence-electron chi connectivity index (χ1n) is 13.5. The molecule has 0 amide bonds. The number of hydrogen-bond acceptors (Lipinski definition) is 7. The lowest BCUT2D eigenvalue weighted by molar-refractivity contribution is -0.437. The molecule has 3 aromatic rings. The highest BCUT2D eigenvalue weighted by atomic mass is 32.2. The van der Waals surface area contributed by atoms with E-state index in [9.17, 15) is 35.8 Å². The van der Waals surface area contributed by atoms with Crippen LogP contribution in [0.1, 0.15) is 45.2 Å². The Balaban J connectivity index is 1.86. The van der Waals surface area contributed by atoms with E-state index < -0.39 is 37.0 Å². The highest BCUT2D eigenvalue weighted by Gasteiger charge is 2.45. The molecule has 1 aliphatic heterocycles. The zero-order valence-electron chi connectivity index (χ0n) is 24.2. The maximum Gasteiger partial charge on any atom is 0.294 e. The molecule has 2 heterocycles. The summed E-state index contributed by atoms with van der Waals surface area (Å²) >= 11 is 0. The molecule has 11 nitrogen and oxygen atoms in total. The SMILES string of the molecule is CCN(CC)c1ccc2c(O)c(/C=C/C3=[N+](CCCS(=O)(=O)O)c4ccc(S(=O)(=O)O)cc4C3(C)C)c(=O)n(C)c2c1. The van der Waals surface area contributed by atoms with Gasteiger partial charge in [-0.05, 0) is 64.1 Å². The summed E-state index contributed by atoms with van der Waals surface area (Å²) in [6.07, 6.45) is 3.20. The van der Waals surface area contributed by atoms with Gasteiger partial charge in [0.05, 0.1) is 27.1 Å². The van der Waals surface area contributed by atoms with Crippen LogP contribution in [0.4, 0.5) is 11.4 Å². The average Bonchev–Trinajstić information content (AvgIpc) is 3.12. The Hall–Kier alpha value is -3.52. The quantitative estimate of drug-likeness (QED) is 0.228. The minimum absolute atomic E-state index is 0.0522. The van der Waals surface area contributed by atoms with Gasteiger partial charge >= 0.3 is 0 Å². The fourth-order valence-electron chi connectivity index (χ4n) is 5.59. The van der Waals surface area contributed by atoms with Gasteiger partial charge < -0.3 is 14.6 Å². The first kappa shape index (κ1) is 31.4. The Morgan fingerprint density at radius 2 is 1.67 bits per heavy atom. The van der Waals surface area contributed by atoms with Gasteiger partial charge in [-0.1, -0.05) is 0 Å². The van der Waals surface area contributed by atoms with Crippen LogP contribution in [0.25, 0.3) is 17.0 Å². The number of fused-ring (bicyclic) bond motifs is 2. The van der Waals surface area contributed by atoms with E-state index in [-0.39, 0.29) is 29.2 Å². The normalized spacial score (nSPS) is 15.1. The minimum atomic E-state index is -4.49. The predicted octanol–water partition coefficient (Wildman–Crippen LogP) is 3.70. The van der Waals surface area contributed by atoms with Crippen LogP contribution in [0.5, 0.6) is 5.75 Å². The van der Waals surface area contributed by atoms with Crippen LogP contribution in [0.3, 0.4) is 0 Å². The van der Waals surface area contributed by atoms with Crippen molar-refractivity contribution in [2.75, 3.05) is 30.3 Å². The second-order valence-corrected chi connectivity index (χ2v) is 13.8. The van der Waals surface area contributed by atoms with Gasteiger partial charge in [-0.25, -0.2) is 0 Å². The molecule has 0 saturated carbocycles. The molecule has 3 N–H and O–H groups in total. The van der Waals surface area contributed by atoms with Crippen LogP contribution in [0.2, 0.25) is 0 Å². The maximum atomic E-state index is 13.5. The summed E-state index contributed by atoms with van der Waals surface area (Å²) in [5, 5.41) is 11.7. The summed E-state index contributed by atoms with van der Waals surface area (Å²) in [6.45, 7) is 9.45. The number of nitrogens with zero attached hydrogens (tertiary/aromatic N) is 3. The van der Waals surface area contributed by atoms with Gasteiger partial charge in [0.2, 0.25) is 5.69 Å². The van der Waals surface area contributed by atoms with Crippen molar-refractivity contribution in [3.63, 3.8) is 0 Å². The third-order valence-electron chi connectivity index (χ3n) is 7.87. The smallest absolute Gasteiger partial charge is 0.294 e. The van der Waals surface area contributed by atoms with Crippen molar-refractivity contribution in [2.24, 2.45) is 7.05 Å². The van der Waals surface area contributed by atoms with E-state index >= 15 is 0 Å². The van der Waals surface area contributed by atoms with Gasteiger partial charge in [-0.3, -0.25) is 13.9 Å². The maximum absolute atomic E-state index is 13.5. The summed E-state index contributed by atoms with van der Waals surface area (Å²) in [4.78, 5) is 15.3. The van der Waals surface area contributed by atoms with Crippen LogP contribution in [0.15, 0.2) is 52.2 Å². The van der Waals surface area contributed by atoms with Crippen LogP contribution in [-0.4, -0.2) is 71.3 Å². The molecule has 0 unspecified atom stereocenters. The van der Waals surface area contributed by atoms with E-state index in [1.54, 1.807) is 23.8 Å². The summed E-state index contributed by atoms with van der Waals surface area (Å²) < 4.78 is 68.6. The van der Waals surface area contributed by atoms with Crippen molar-refractivity contribution in [1.29, 1.82) is 0 Å². The number of aromatic nitrogens is 1. The molecule has 0 fully saturated rings. The molecule has 1 aliphatic rings. The molecule has 0 radical (unpaired) electrons. The van der Waals surface area contributed by atoms with E-state index in [0.29, 0.717) is 27.9 Å². The molecule has 13 heteroatoms. The van der Waals surface area contributed by atoms with Gasteiger partial charge in [-0.15, -0.1) is 0 Å². The Kier molecular flexibility index (Phi) is 8.44. The molecule has 2 aromatic carbocycles. The Bertz CT molecular complexity index is 1900. The van der Waals surface area contributed by atoms with E-state index in [2.05, 4.69) is 4.90 Å². The first-order chi connectivity index (χ1) is 19.5. The molecule has 226 valence electrons. The topological polar surface area (TPSA) is 157 Å². The lowest BCUT2D eigenvalue weighted by atomic mass is 9.81. The van der Waals surface area contributed by atoms with Gasteiger partial charge in [0.15, 0.2) is 5.71 Å². The van der Waals surface area contributed by atoms with Gasteiger partial charge in [0.1, 0.15) is 12.3 Å². The highest BCUT2D eigenvalue weighted by molar-refractivity contribution is 7.86. The number of pyridine rings is 1. The van der Waals surface area contributed by atoms with Crippen molar-refractivity contribution < 1.29 is 35.6 Å². The zero-order chi connectivity index (χ0) is 31.2. The third kappa shape index (κ3) is 5.87. The Morgan fingerprint density at radius 3 is 2.26 bits per heavy atom. The lowest BCUT2D eigenvalue weighted by Gasteiger charge is -2.22. The third-order valence-corrected chi connectivity index (χ3v) is 9.52. The van der Waals surface area contributed by atoms with Crippen molar-refractivity contribution in [1.82, 2.24) is 4.57 Å². The summed E-state index contributed by atoms with van der Waals surface area (Å²) in [6, 6.07) is 9.67. The second kappa shape index (κ2) is 11.3. The van der Waals surface area contributed by atoms with E-state index in [1.807, 2.05) is 39.8 Å². The molecule has 0 atom stereocenters. The highest BCUT2D eigenvalue weighted by Crippen LogP contribution is 2.41. The predicted molar refractivity (Wildman–Crippen MR) is 164 cm³/mol. The standard InChI is InChI=1S/C29H35N3O8S2/c1-6-31(7-2)19-9-11-21-25(17-19)30(5)28(34)22(27(21)33)12-14-26-29(3,4)23-18-20(42(38,39)40)10-13-24(23)32(26)15-8-16-41(35,36)37/h9-14,17-18H,6-8,15-16H2,1-5H3,(H2,35,36,37,38,39,40)/p+1. The first-order valence-corrected chi connectivity index (χ1v) is 16.6. The van der Waals surface area contributed by atoms with E-state index in [4.69, 9.17) is 0 Å². The monoisotopic (exact) mass is 618 g/mol. The fraction of sp³-hybridized carbons (Fsp3) is 0.379. The van der Waals surface area contributed by atoms with Crippen LogP contribution < -0.4 is 10.5 Å². The van der Waals surface area contributed by atoms with Gasteiger partial charge in [0.25, 0.3) is 25.8 Å². The Labute approximate surface area is 245 Å². The molecule has 0 spiro atoms. The number of aryl methyl sites for hydroxylation is 1. The van der Waals surface area contributed by atoms with Gasteiger partial charge in [-0.2, -0.15) is 21.4 Å². The fourth-order valence-corrected chi connectivity index (χ4v) is 6.59. The molecular formula is C29H36N3O8S2+. The van der Waals surface area contributed by atoms with Gasteiger partial charge in [0, 0.05) is 55.3 Å². The molecule has 0 bridgehead atoms. The number of benzene rings is 2. The molecule has 0 aliphatic carbocycles.